The Morgan fingerprint density at radius 2 is 1.92 bits per heavy atom. The Kier molecular flexibility index (Phi) is 5.49. The van der Waals surface area contributed by atoms with Gasteiger partial charge in [-0.25, -0.2) is 0 Å². The molecule has 26 heavy (non-hydrogen) atoms. The molecule has 0 atom stereocenters. The molecule has 2 aromatic carbocycles. The fraction of sp³-hybridized carbons (Fsp3) is 0.250. The molecule has 1 fully saturated rings. The minimum Gasteiger partial charge on any atom is -0.376 e. The summed E-state index contributed by atoms with van der Waals surface area (Å²) in [5, 5.41) is 14.7. The van der Waals surface area contributed by atoms with Crippen LogP contribution in [-0.2, 0) is 9.59 Å². The minimum atomic E-state index is -0.199. The molecular weight excluding hydrogens is 328 g/mol. The quantitative estimate of drug-likeness (QED) is 0.869. The first-order chi connectivity index (χ1) is 12.7. The highest BCUT2D eigenvalue weighted by Crippen LogP contribution is 2.22. The fourth-order valence-corrected chi connectivity index (χ4v) is 2.89. The lowest BCUT2D eigenvalue weighted by molar-refractivity contribution is -0.119. The molecule has 0 unspecified atom stereocenters. The van der Waals surface area contributed by atoms with Crippen LogP contribution in [0.4, 0.5) is 17.1 Å². The van der Waals surface area contributed by atoms with E-state index in [0.717, 1.165) is 30.8 Å². The summed E-state index contributed by atoms with van der Waals surface area (Å²) < 4.78 is 0. The molecule has 3 rings (SSSR count). The molecular formula is C20H20N4O2. The number of nitrogens with one attached hydrogen (secondary N) is 2. The Morgan fingerprint density at radius 3 is 2.65 bits per heavy atom. The number of piperidine rings is 1. The van der Waals surface area contributed by atoms with Crippen molar-refractivity contribution in [1.29, 1.82) is 5.26 Å². The van der Waals surface area contributed by atoms with Crippen LogP contribution in [0.5, 0.6) is 0 Å². The zero-order chi connectivity index (χ0) is 18.4. The molecule has 2 N–H and O–H groups in total. The zero-order valence-corrected chi connectivity index (χ0v) is 14.4. The van der Waals surface area contributed by atoms with E-state index in [1.165, 1.54) is 0 Å². The number of nitriles is 1. The van der Waals surface area contributed by atoms with Gasteiger partial charge in [0.15, 0.2) is 0 Å². The largest absolute Gasteiger partial charge is 0.376 e. The van der Waals surface area contributed by atoms with Gasteiger partial charge < -0.3 is 15.5 Å². The van der Waals surface area contributed by atoms with Gasteiger partial charge in [-0.3, -0.25) is 9.59 Å². The summed E-state index contributed by atoms with van der Waals surface area (Å²) in [7, 11) is 0. The molecule has 2 amide bonds. The van der Waals surface area contributed by atoms with Gasteiger partial charge in [0.25, 0.3) is 0 Å². The third-order valence-corrected chi connectivity index (χ3v) is 4.23. The maximum Gasteiger partial charge on any atom is 0.243 e. The van der Waals surface area contributed by atoms with Crippen molar-refractivity contribution in [1.82, 2.24) is 0 Å². The summed E-state index contributed by atoms with van der Waals surface area (Å²) in [6.45, 7) is 0.870. The number of anilines is 3. The van der Waals surface area contributed by atoms with Crippen molar-refractivity contribution in [2.75, 3.05) is 28.6 Å². The fourth-order valence-electron chi connectivity index (χ4n) is 2.89. The van der Waals surface area contributed by atoms with Crippen LogP contribution in [0, 0.1) is 11.3 Å². The maximum atomic E-state index is 12.0. The van der Waals surface area contributed by atoms with Crippen molar-refractivity contribution < 1.29 is 9.59 Å². The van der Waals surface area contributed by atoms with Crippen molar-refractivity contribution in [3.8, 4) is 6.07 Å². The van der Waals surface area contributed by atoms with Crippen molar-refractivity contribution in [2.24, 2.45) is 0 Å². The third kappa shape index (κ3) is 4.39. The number of carbonyl (C=O) groups is 2. The van der Waals surface area contributed by atoms with E-state index >= 15 is 0 Å². The summed E-state index contributed by atoms with van der Waals surface area (Å²) in [4.78, 5) is 25.8. The molecule has 0 radical (unpaired) electrons. The van der Waals surface area contributed by atoms with Crippen LogP contribution in [0.3, 0.4) is 0 Å². The molecule has 1 heterocycles. The van der Waals surface area contributed by atoms with Gasteiger partial charge in [0.2, 0.25) is 11.8 Å². The lowest BCUT2D eigenvalue weighted by Gasteiger charge is -2.26. The molecule has 0 aliphatic carbocycles. The Morgan fingerprint density at radius 1 is 1.12 bits per heavy atom. The second-order valence-electron chi connectivity index (χ2n) is 6.14. The van der Waals surface area contributed by atoms with Crippen LogP contribution < -0.4 is 15.5 Å². The first-order valence-corrected chi connectivity index (χ1v) is 8.60. The van der Waals surface area contributed by atoms with Gasteiger partial charge in [-0.15, -0.1) is 0 Å². The normalized spacial score (nSPS) is 13.8. The summed E-state index contributed by atoms with van der Waals surface area (Å²) in [5.74, 6) is -0.0358. The number of hydrogen-bond acceptors (Lipinski definition) is 4. The van der Waals surface area contributed by atoms with E-state index in [-0.39, 0.29) is 18.4 Å². The highest BCUT2D eigenvalue weighted by Gasteiger charge is 2.19. The highest BCUT2D eigenvalue weighted by molar-refractivity contribution is 5.95. The van der Waals surface area contributed by atoms with Crippen LogP contribution in [0.25, 0.3) is 0 Å². The molecule has 6 heteroatoms. The van der Waals surface area contributed by atoms with Gasteiger partial charge in [-0.2, -0.15) is 5.26 Å². The van der Waals surface area contributed by atoms with E-state index in [4.69, 9.17) is 5.26 Å². The molecule has 1 aliphatic heterocycles. The SMILES string of the molecule is N#Cc1cccc(NC(=O)CNc2ccc(N3CCCCC3=O)cc2)c1. The average molecular weight is 348 g/mol. The first kappa shape index (κ1) is 17.5. The van der Waals surface area contributed by atoms with E-state index in [1.807, 2.05) is 35.2 Å². The van der Waals surface area contributed by atoms with Crippen LogP contribution in [0.2, 0.25) is 0 Å². The summed E-state index contributed by atoms with van der Waals surface area (Å²) >= 11 is 0. The van der Waals surface area contributed by atoms with Crippen molar-refractivity contribution in [3.63, 3.8) is 0 Å². The van der Waals surface area contributed by atoms with Crippen molar-refractivity contribution in [3.05, 3.63) is 54.1 Å². The van der Waals surface area contributed by atoms with Crippen LogP contribution in [-0.4, -0.2) is 24.9 Å². The molecule has 0 aromatic heterocycles. The zero-order valence-electron chi connectivity index (χ0n) is 14.4. The van der Waals surface area contributed by atoms with E-state index in [9.17, 15) is 9.59 Å². The molecule has 132 valence electrons. The van der Waals surface area contributed by atoms with Crippen molar-refractivity contribution >= 4 is 28.9 Å². The Balaban J connectivity index is 1.53. The van der Waals surface area contributed by atoms with Gasteiger partial charge in [-0.05, 0) is 55.3 Å². The maximum absolute atomic E-state index is 12.0. The topological polar surface area (TPSA) is 85.2 Å². The predicted molar refractivity (Wildman–Crippen MR) is 101 cm³/mol. The monoisotopic (exact) mass is 348 g/mol. The van der Waals surface area contributed by atoms with Gasteiger partial charge in [0.05, 0.1) is 18.2 Å². The highest BCUT2D eigenvalue weighted by atomic mass is 16.2. The van der Waals surface area contributed by atoms with Crippen LogP contribution in [0.15, 0.2) is 48.5 Å². The molecule has 0 spiro atoms. The first-order valence-electron chi connectivity index (χ1n) is 8.60. The van der Waals surface area contributed by atoms with Crippen LogP contribution >= 0.6 is 0 Å². The smallest absolute Gasteiger partial charge is 0.243 e. The summed E-state index contributed by atoms with van der Waals surface area (Å²) in [5.41, 5.74) is 2.78. The molecule has 0 bridgehead atoms. The second kappa shape index (κ2) is 8.17. The van der Waals surface area contributed by atoms with Gasteiger partial charge in [-0.1, -0.05) is 6.07 Å². The third-order valence-electron chi connectivity index (χ3n) is 4.23. The molecule has 0 saturated carbocycles. The number of hydrogen-bond donors (Lipinski definition) is 2. The Bertz CT molecular complexity index is 840. The molecule has 6 nitrogen and oxygen atoms in total. The van der Waals surface area contributed by atoms with E-state index in [0.29, 0.717) is 17.7 Å². The van der Waals surface area contributed by atoms with Crippen LogP contribution in [0.1, 0.15) is 24.8 Å². The van der Waals surface area contributed by atoms with Gasteiger partial charge >= 0.3 is 0 Å². The van der Waals surface area contributed by atoms with Crippen molar-refractivity contribution in [2.45, 2.75) is 19.3 Å². The minimum absolute atomic E-state index is 0.110. The molecule has 1 aliphatic rings. The molecule has 1 saturated heterocycles. The Labute approximate surface area is 152 Å². The number of rotatable bonds is 5. The standard InChI is InChI=1S/C20H20N4O2/c21-13-15-4-3-5-17(12-15)23-19(25)14-22-16-7-9-18(10-8-16)24-11-2-1-6-20(24)26/h3-5,7-10,12,22H,1-2,6,11,14H2,(H,23,25). The van der Waals surface area contributed by atoms with E-state index < -0.39 is 0 Å². The number of amides is 2. The number of nitrogens with zero attached hydrogens (tertiary/aromatic N) is 2. The van der Waals surface area contributed by atoms with Gasteiger partial charge in [0, 0.05) is 30.0 Å². The Hall–Kier alpha value is -3.33. The second-order valence-corrected chi connectivity index (χ2v) is 6.14. The molecule has 2 aromatic rings. The van der Waals surface area contributed by atoms with E-state index in [2.05, 4.69) is 10.6 Å². The van der Waals surface area contributed by atoms with Gasteiger partial charge in [0.1, 0.15) is 0 Å². The average Bonchev–Trinajstić information content (AvgIpc) is 2.67. The number of carbonyl (C=O) groups excluding carboxylic acids is 2. The number of benzene rings is 2. The van der Waals surface area contributed by atoms with E-state index in [1.54, 1.807) is 24.3 Å². The lowest BCUT2D eigenvalue weighted by Crippen LogP contribution is -2.35. The summed E-state index contributed by atoms with van der Waals surface area (Å²) in [6, 6.07) is 16.3. The summed E-state index contributed by atoms with van der Waals surface area (Å²) in [6.07, 6.45) is 2.59. The lowest BCUT2D eigenvalue weighted by atomic mass is 10.1. The predicted octanol–water partition coefficient (Wildman–Crippen LogP) is 3.13.